The summed E-state index contributed by atoms with van der Waals surface area (Å²) in [5.41, 5.74) is 1.34. The second-order valence-corrected chi connectivity index (χ2v) is 9.17. The van der Waals surface area contributed by atoms with Crippen LogP contribution in [0.5, 0.6) is 5.75 Å². The first kappa shape index (κ1) is 22.6. The molecule has 1 aliphatic carbocycles. The van der Waals surface area contributed by atoms with Crippen molar-refractivity contribution in [3.8, 4) is 5.75 Å². The maximum absolute atomic E-state index is 12.7. The van der Waals surface area contributed by atoms with Gasteiger partial charge in [-0.3, -0.25) is 9.59 Å². The second-order valence-electron chi connectivity index (χ2n) is 9.17. The van der Waals surface area contributed by atoms with Gasteiger partial charge in [0.25, 0.3) is 11.5 Å². The Morgan fingerprint density at radius 2 is 1.91 bits per heavy atom. The third-order valence-electron chi connectivity index (χ3n) is 7.04. The van der Waals surface area contributed by atoms with Crippen LogP contribution >= 0.6 is 0 Å². The lowest BCUT2D eigenvalue weighted by Crippen LogP contribution is -2.49. The number of para-hydroxylation sites is 1. The minimum absolute atomic E-state index is 0.000568. The third kappa shape index (κ3) is 4.70. The fraction of sp³-hybridized carbons (Fsp3) is 0.520. The largest absolute Gasteiger partial charge is 0.483 e. The number of aromatic amines is 1. The SMILES string of the molecule is CCN1CCN(C(=O)COc2ccccc2Cc2nc3c(cnn3C3CCCC3)c(=O)[nH]2)CC1. The van der Waals surface area contributed by atoms with E-state index in [1.54, 1.807) is 6.20 Å². The number of benzene rings is 1. The highest BCUT2D eigenvalue weighted by Gasteiger charge is 2.23. The number of nitrogens with zero attached hydrogens (tertiary/aromatic N) is 5. The average Bonchev–Trinajstić information content (AvgIpc) is 3.53. The number of H-pyrrole nitrogens is 1. The Hall–Kier alpha value is -3.20. The molecule has 34 heavy (non-hydrogen) atoms. The zero-order valence-corrected chi connectivity index (χ0v) is 19.7. The average molecular weight is 465 g/mol. The lowest BCUT2D eigenvalue weighted by molar-refractivity contribution is -0.135. The van der Waals surface area contributed by atoms with Gasteiger partial charge in [-0.05, 0) is 25.5 Å². The molecule has 1 amide bonds. The molecule has 0 bridgehead atoms. The zero-order chi connectivity index (χ0) is 23.5. The molecule has 0 unspecified atom stereocenters. The molecule has 5 rings (SSSR count). The van der Waals surface area contributed by atoms with E-state index in [1.165, 1.54) is 12.8 Å². The summed E-state index contributed by atoms with van der Waals surface area (Å²) >= 11 is 0. The summed E-state index contributed by atoms with van der Waals surface area (Å²) in [6, 6.07) is 7.92. The molecule has 0 spiro atoms. The summed E-state index contributed by atoms with van der Waals surface area (Å²) < 4.78 is 7.86. The number of ether oxygens (including phenoxy) is 1. The van der Waals surface area contributed by atoms with E-state index in [0.717, 1.165) is 51.1 Å². The third-order valence-corrected chi connectivity index (χ3v) is 7.04. The van der Waals surface area contributed by atoms with E-state index >= 15 is 0 Å². The van der Waals surface area contributed by atoms with Crippen molar-refractivity contribution in [2.75, 3.05) is 39.3 Å². The molecule has 9 heteroatoms. The molecule has 1 aliphatic heterocycles. The predicted octanol–water partition coefficient (Wildman–Crippen LogP) is 2.37. The van der Waals surface area contributed by atoms with Crippen molar-refractivity contribution in [1.82, 2.24) is 29.5 Å². The van der Waals surface area contributed by atoms with E-state index in [2.05, 4.69) is 21.9 Å². The number of fused-ring (bicyclic) bond motifs is 1. The van der Waals surface area contributed by atoms with E-state index in [4.69, 9.17) is 9.72 Å². The van der Waals surface area contributed by atoms with Gasteiger partial charge in [-0.15, -0.1) is 0 Å². The van der Waals surface area contributed by atoms with Crippen LogP contribution in [-0.4, -0.2) is 74.8 Å². The maximum atomic E-state index is 12.7. The smallest absolute Gasteiger partial charge is 0.262 e. The van der Waals surface area contributed by atoms with Crippen LogP contribution in [0.3, 0.4) is 0 Å². The van der Waals surface area contributed by atoms with Crippen molar-refractivity contribution < 1.29 is 9.53 Å². The topological polar surface area (TPSA) is 96.3 Å². The Bertz CT molecular complexity index is 1200. The molecule has 3 heterocycles. The molecule has 1 N–H and O–H groups in total. The Balaban J connectivity index is 1.30. The highest BCUT2D eigenvalue weighted by Crippen LogP contribution is 2.30. The van der Waals surface area contributed by atoms with E-state index in [9.17, 15) is 9.59 Å². The quantitative estimate of drug-likeness (QED) is 0.577. The highest BCUT2D eigenvalue weighted by molar-refractivity contribution is 5.78. The number of piperazine rings is 1. The van der Waals surface area contributed by atoms with E-state index < -0.39 is 0 Å². The van der Waals surface area contributed by atoms with Gasteiger partial charge in [-0.1, -0.05) is 38.0 Å². The van der Waals surface area contributed by atoms with Gasteiger partial charge in [0.05, 0.1) is 12.2 Å². The Morgan fingerprint density at radius 3 is 2.68 bits per heavy atom. The molecule has 3 aromatic rings. The molecule has 180 valence electrons. The molecule has 0 radical (unpaired) electrons. The van der Waals surface area contributed by atoms with Gasteiger partial charge in [-0.25, -0.2) is 9.67 Å². The van der Waals surface area contributed by atoms with Crippen LogP contribution in [0.15, 0.2) is 35.3 Å². The van der Waals surface area contributed by atoms with Crippen LogP contribution < -0.4 is 10.3 Å². The standard InChI is InChI=1S/C25H32N6O3/c1-2-29-11-13-30(14-12-29)23(32)17-34-21-10-6-3-7-18(21)15-22-27-24-20(25(33)28-22)16-26-31(24)19-8-4-5-9-19/h3,6-7,10,16,19H,2,4-5,8-9,11-15,17H2,1H3,(H,27,28,33). The van der Waals surface area contributed by atoms with Gasteiger partial charge < -0.3 is 19.5 Å². The maximum Gasteiger partial charge on any atom is 0.262 e. The predicted molar refractivity (Wildman–Crippen MR) is 129 cm³/mol. The molecule has 2 aromatic heterocycles. The van der Waals surface area contributed by atoms with Crippen LogP contribution in [0.4, 0.5) is 0 Å². The van der Waals surface area contributed by atoms with Gasteiger partial charge in [0.2, 0.25) is 0 Å². The molecule has 1 saturated carbocycles. The van der Waals surface area contributed by atoms with Crippen molar-refractivity contribution in [1.29, 1.82) is 0 Å². The molecule has 1 aromatic carbocycles. The van der Waals surface area contributed by atoms with Crippen LogP contribution in [0.2, 0.25) is 0 Å². The first-order chi connectivity index (χ1) is 16.6. The number of nitrogens with one attached hydrogen (secondary N) is 1. The number of aromatic nitrogens is 4. The van der Waals surface area contributed by atoms with E-state index in [-0.39, 0.29) is 18.1 Å². The number of likely N-dealkylation sites (N-methyl/N-ethyl adjacent to an activating group) is 1. The Morgan fingerprint density at radius 1 is 1.15 bits per heavy atom. The number of carbonyl (C=O) groups is 1. The van der Waals surface area contributed by atoms with Gasteiger partial charge >= 0.3 is 0 Å². The monoisotopic (exact) mass is 464 g/mol. The number of hydrogen-bond acceptors (Lipinski definition) is 6. The first-order valence-corrected chi connectivity index (χ1v) is 12.3. The van der Waals surface area contributed by atoms with Crippen LogP contribution in [0, 0.1) is 0 Å². The Labute approximate surface area is 198 Å². The molecule has 2 fully saturated rings. The van der Waals surface area contributed by atoms with Crippen molar-refractivity contribution in [3.63, 3.8) is 0 Å². The van der Waals surface area contributed by atoms with Gasteiger partial charge in [0, 0.05) is 38.2 Å². The molecular formula is C25H32N6O3. The summed E-state index contributed by atoms with van der Waals surface area (Å²) in [5, 5.41) is 4.99. The molecule has 9 nitrogen and oxygen atoms in total. The number of amides is 1. The zero-order valence-electron chi connectivity index (χ0n) is 19.7. The summed E-state index contributed by atoms with van der Waals surface area (Å²) in [6.45, 7) is 6.42. The van der Waals surface area contributed by atoms with Crippen molar-refractivity contribution >= 4 is 16.9 Å². The lowest BCUT2D eigenvalue weighted by Gasteiger charge is -2.34. The van der Waals surface area contributed by atoms with Crippen molar-refractivity contribution in [2.45, 2.75) is 45.1 Å². The number of carbonyl (C=O) groups excluding carboxylic acids is 1. The minimum Gasteiger partial charge on any atom is -0.483 e. The van der Waals surface area contributed by atoms with Crippen molar-refractivity contribution in [2.24, 2.45) is 0 Å². The summed E-state index contributed by atoms with van der Waals surface area (Å²) in [7, 11) is 0. The summed E-state index contributed by atoms with van der Waals surface area (Å²) in [4.78, 5) is 37.3. The number of hydrogen-bond donors (Lipinski definition) is 1. The van der Waals surface area contributed by atoms with E-state index in [0.29, 0.717) is 35.1 Å². The van der Waals surface area contributed by atoms with Gasteiger partial charge in [0.1, 0.15) is 17.0 Å². The normalized spacial score (nSPS) is 17.5. The van der Waals surface area contributed by atoms with Crippen LogP contribution in [0.1, 0.15) is 50.0 Å². The molecular weight excluding hydrogens is 432 g/mol. The molecule has 2 aliphatic rings. The summed E-state index contributed by atoms with van der Waals surface area (Å²) in [6.07, 6.45) is 6.52. The van der Waals surface area contributed by atoms with E-state index in [1.807, 2.05) is 33.8 Å². The Kier molecular flexibility index (Phi) is 6.62. The molecule has 1 saturated heterocycles. The van der Waals surface area contributed by atoms with Crippen LogP contribution in [-0.2, 0) is 11.2 Å². The fourth-order valence-electron chi connectivity index (χ4n) is 5.00. The summed E-state index contributed by atoms with van der Waals surface area (Å²) in [5.74, 6) is 1.20. The van der Waals surface area contributed by atoms with Gasteiger partial charge in [0.15, 0.2) is 12.3 Å². The minimum atomic E-state index is -0.177. The van der Waals surface area contributed by atoms with Gasteiger partial charge in [-0.2, -0.15) is 5.10 Å². The lowest BCUT2D eigenvalue weighted by atomic mass is 10.1. The highest BCUT2D eigenvalue weighted by atomic mass is 16.5. The second kappa shape index (κ2) is 9.97. The van der Waals surface area contributed by atoms with Crippen LogP contribution in [0.25, 0.3) is 11.0 Å². The van der Waals surface area contributed by atoms with Crippen molar-refractivity contribution in [3.05, 3.63) is 52.2 Å². The number of rotatable bonds is 7. The first-order valence-electron chi connectivity index (χ1n) is 12.3. The fourth-order valence-corrected chi connectivity index (χ4v) is 5.00. The molecule has 0 atom stereocenters.